The molecule has 0 saturated heterocycles. The molecule has 1 aromatic rings. The average Bonchev–Trinajstić information content (AvgIpc) is 2.80. The van der Waals surface area contributed by atoms with Crippen molar-refractivity contribution in [3.8, 4) is 0 Å². The van der Waals surface area contributed by atoms with Gasteiger partial charge in [-0.1, -0.05) is 6.92 Å². The molecule has 0 spiro atoms. The zero-order valence-corrected chi connectivity index (χ0v) is 11.3. The lowest BCUT2D eigenvalue weighted by molar-refractivity contribution is -0.137. The number of nitrogens with one attached hydrogen (secondary N) is 2. The van der Waals surface area contributed by atoms with Gasteiger partial charge in [-0.15, -0.1) is 0 Å². The fourth-order valence-corrected chi connectivity index (χ4v) is 2.29. The van der Waals surface area contributed by atoms with Crippen LogP contribution in [-0.4, -0.2) is 23.1 Å². The van der Waals surface area contributed by atoms with E-state index in [4.69, 9.17) is 5.11 Å². The molecule has 1 aromatic heterocycles. The molecule has 1 rings (SSSR count). The van der Waals surface area contributed by atoms with Gasteiger partial charge in [0.05, 0.1) is 12.5 Å². The van der Waals surface area contributed by atoms with E-state index < -0.39 is 5.97 Å². The van der Waals surface area contributed by atoms with Crippen molar-refractivity contribution in [2.24, 2.45) is 0 Å². The Bertz CT molecular complexity index is 392. The summed E-state index contributed by atoms with van der Waals surface area (Å²) in [6, 6.07) is 1.20. The van der Waals surface area contributed by atoms with Crippen LogP contribution in [0.2, 0.25) is 0 Å². The molecule has 0 aliphatic heterocycles. The van der Waals surface area contributed by atoms with E-state index in [0.29, 0.717) is 6.42 Å². The molecule has 0 fully saturated rings. The number of hydrogen-bond donors (Lipinski definition) is 3. The van der Waals surface area contributed by atoms with Crippen LogP contribution < -0.4 is 10.6 Å². The van der Waals surface area contributed by atoms with Gasteiger partial charge in [0.25, 0.3) is 0 Å². The first-order valence-corrected chi connectivity index (χ1v) is 6.78. The highest BCUT2D eigenvalue weighted by molar-refractivity contribution is 7.07. The maximum absolute atomic E-state index is 11.7. The number of carbonyl (C=O) groups is 2. The zero-order valence-electron chi connectivity index (χ0n) is 10.5. The summed E-state index contributed by atoms with van der Waals surface area (Å²) in [4.78, 5) is 22.3. The van der Waals surface area contributed by atoms with Gasteiger partial charge in [0.1, 0.15) is 0 Å². The fourth-order valence-electron chi connectivity index (χ4n) is 1.54. The van der Waals surface area contributed by atoms with Gasteiger partial charge >= 0.3 is 12.0 Å². The minimum absolute atomic E-state index is 0.0588. The van der Waals surface area contributed by atoms with E-state index in [1.807, 2.05) is 30.7 Å². The van der Waals surface area contributed by atoms with E-state index in [2.05, 4.69) is 10.6 Å². The molecule has 0 aromatic carbocycles. The van der Waals surface area contributed by atoms with Crippen LogP contribution >= 0.6 is 11.3 Å². The third-order valence-corrected chi connectivity index (χ3v) is 3.34. The summed E-state index contributed by atoms with van der Waals surface area (Å²) in [5.41, 5.74) is 1.04. The van der Waals surface area contributed by atoms with Gasteiger partial charge in [0.2, 0.25) is 0 Å². The Hall–Kier alpha value is -1.56. The van der Waals surface area contributed by atoms with Gasteiger partial charge in [0, 0.05) is 6.04 Å². The second-order valence-corrected chi connectivity index (χ2v) is 4.88. The minimum atomic E-state index is -0.909. The van der Waals surface area contributed by atoms with Crippen LogP contribution in [0.1, 0.15) is 38.3 Å². The van der Waals surface area contributed by atoms with Gasteiger partial charge in [-0.3, -0.25) is 4.79 Å². The first kappa shape index (κ1) is 14.5. The van der Waals surface area contributed by atoms with Crippen molar-refractivity contribution in [2.75, 3.05) is 0 Å². The molecule has 2 amide bonds. The third-order valence-electron chi connectivity index (χ3n) is 2.64. The van der Waals surface area contributed by atoms with Gasteiger partial charge in [0.15, 0.2) is 0 Å². The van der Waals surface area contributed by atoms with Crippen LogP contribution in [0.5, 0.6) is 0 Å². The Morgan fingerprint density at radius 1 is 1.44 bits per heavy atom. The Labute approximate surface area is 110 Å². The summed E-state index contributed by atoms with van der Waals surface area (Å²) in [5.74, 6) is -0.909. The fraction of sp³-hybridized carbons (Fsp3) is 0.500. The molecule has 6 heteroatoms. The van der Waals surface area contributed by atoms with Crippen molar-refractivity contribution in [1.29, 1.82) is 0 Å². The maximum Gasteiger partial charge on any atom is 0.315 e. The second-order valence-electron chi connectivity index (χ2n) is 4.10. The highest BCUT2D eigenvalue weighted by atomic mass is 32.1. The normalized spacial score (nSPS) is 13.7. The van der Waals surface area contributed by atoms with Crippen molar-refractivity contribution in [3.63, 3.8) is 0 Å². The molecule has 18 heavy (non-hydrogen) atoms. The van der Waals surface area contributed by atoms with Crippen LogP contribution in [0, 0.1) is 0 Å². The number of urea groups is 1. The van der Waals surface area contributed by atoms with Gasteiger partial charge < -0.3 is 15.7 Å². The molecule has 0 aliphatic carbocycles. The number of aliphatic carboxylic acids is 1. The van der Waals surface area contributed by atoms with E-state index in [-0.39, 0.29) is 24.5 Å². The van der Waals surface area contributed by atoms with Crippen molar-refractivity contribution >= 4 is 23.3 Å². The molecule has 2 atom stereocenters. The molecule has 0 radical (unpaired) electrons. The summed E-state index contributed by atoms with van der Waals surface area (Å²) in [6.07, 6.45) is 0.531. The van der Waals surface area contributed by atoms with Gasteiger partial charge in [-0.25, -0.2) is 4.79 Å². The smallest absolute Gasteiger partial charge is 0.315 e. The molecule has 100 valence electrons. The van der Waals surface area contributed by atoms with E-state index in [0.717, 1.165) is 5.56 Å². The standard InChI is InChI=1S/C12H18N2O3S/c1-3-10(6-11(15)16)14-12(17)13-8(2)9-4-5-18-7-9/h4-5,7-8,10H,3,6H2,1-2H3,(H,15,16)(H2,13,14,17). The molecular weight excluding hydrogens is 252 g/mol. The summed E-state index contributed by atoms with van der Waals surface area (Å²) in [6.45, 7) is 3.73. The lowest BCUT2D eigenvalue weighted by Gasteiger charge is -2.18. The van der Waals surface area contributed by atoms with Crippen LogP contribution in [0.25, 0.3) is 0 Å². The number of carboxylic acids is 1. The number of thiophene rings is 1. The van der Waals surface area contributed by atoms with E-state index >= 15 is 0 Å². The predicted molar refractivity (Wildman–Crippen MR) is 70.7 cm³/mol. The highest BCUT2D eigenvalue weighted by Gasteiger charge is 2.15. The van der Waals surface area contributed by atoms with Crippen molar-refractivity contribution in [2.45, 2.75) is 38.8 Å². The van der Waals surface area contributed by atoms with E-state index in [9.17, 15) is 9.59 Å². The average molecular weight is 270 g/mol. The molecule has 2 unspecified atom stereocenters. The molecule has 0 aliphatic rings. The summed E-state index contributed by atoms with van der Waals surface area (Å²) < 4.78 is 0. The number of carbonyl (C=O) groups excluding carboxylic acids is 1. The predicted octanol–water partition coefficient (Wildman–Crippen LogP) is 2.36. The van der Waals surface area contributed by atoms with E-state index in [1.165, 1.54) is 0 Å². The summed E-state index contributed by atoms with van der Waals surface area (Å²) in [7, 11) is 0. The molecule has 0 bridgehead atoms. The Kier molecular flexibility index (Phi) is 5.64. The Morgan fingerprint density at radius 3 is 2.67 bits per heavy atom. The van der Waals surface area contributed by atoms with Crippen molar-refractivity contribution < 1.29 is 14.7 Å². The lowest BCUT2D eigenvalue weighted by Crippen LogP contribution is -2.43. The lowest BCUT2D eigenvalue weighted by atomic mass is 10.1. The van der Waals surface area contributed by atoms with Crippen molar-refractivity contribution in [3.05, 3.63) is 22.4 Å². The molecule has 0 saturated carbocycles. The molecule has 3 N–H and O–H groups in total. The van der Waals surface area contributed by atoms with Crippen LogP contribution in [-0.2, 0) is 4.79 Å². The second kappa shape index (κ2) is 7.00. The van der Waals surface area contributed by atoms with Crippen LogP contribution in [0.4, 0.5) is 4.79 Å². The third kappa shape index (κ3) is 4.75. The first-order valence-electron chi connectivity index (χ1n) is 5.83. The molecule has 1 heterocycles. The largest absolute Gasteiger partial charge is 0.481 e. The maximum atomic E-state index is 11.7. The minimum Gasteiger partial charge on any atom is -0.481 e. The Balaban J connectivity index is 2.43. The van der Waals surface area contributed by atoms with E-state index in [1.54, 1.807) is 11.3 Å². The molecular formula is C12H18N2O3S. The first-order chi connectivity index (χ1) is 8.52. The summed E-state index contributed by atoms with van der Waals surface area (Å²) in [5, 5.41) is 18.1. The highest BCUT2D eigenvalue weighted by Crippen LogP contribution is 2.15. The number of rotatable bonds is 6. The SMILES string of the molecule is CCC(CC(=O)O)NC(=O)NC(C)c1ccsc1. The van der Waals surface area contributed by atoms with Crippen molar-refractivity contribution in [1.82, 2.24) is 10.6 Å². The monoisotopic (exact) mass is 270 g/mol. The number of carboxylic acid groups (broad SMARTS) is 1. The van der Waals surface area contributed by atoms with Gasteiger partial charge in [-0.05, 0) is 35.7 Å². The topological polar surface area (TPSA) is 78.4 Å². The summed E-state index contributed by atoms with van der Waals surface area (Å²) >= 11 is 1.57. The van der Waals surface area contributed by atoms with Crippen LogP contribution in [0.15, 0.2) is 16.8 Å². The number of amides is 2. The Morgan fingerprint density at radius 2 is 2.17 bits per heavy atom. The quantitative estimate of drug-likeness (QED) is 0.742. The number of hydrogen-bond acceptors (Lipinski definition) is 3. The zero-order chi connectivity index (χ0) is 13.5. The van der Waals surface area contributed by atoms with Gasteiger partial charge in [-0.2, -0.15) is 11.3 Å². The molecule has 5 nitrogen and oxygen atoms in total. The van der Waals surface area contributed by atoms with Crippen LogP contribution in [0.3, 0.4) is 0 Å².